The quantitative estimate of drug-likeness (QED) is 0.522. The van der Waals surface area contributed by atoms with E-state index in [4.69, 9.17) is 0 Å². The van der Waals surface area contributed by atoms with E-state index in [1.165, 1.54) is 6.08 Å². The van der Waals surface area contributed by atoms with Crippen LogP contribution in [0.5, 0.6) is 0 Å². The van der Waals surface area contributed by atoms with Crippen LogP contribution in [0, 0.1) is 5.41 Å². The normalized spacial score (nSPS) is 11.7. The molecule has 0 aliphatic heterocycles. The maximum atomic E-state index is 11.4. The second kappa shape index (κ2) is 4.67. The van der Waals surface area contributed by atoms with Crippen molar-refractivity contribution in [1.29, 1.82) is 0 Å². The number of amides is 1. The molecule has 0 aromatic rings. The third-order valence-corrected chi connectivity index (χ3v) is 2.04. The molecule has 0 rings (SSSR count). The lowest BCUT2D eigenvalue weighted by Crippen LogP contribution is -2.39. The van der Waals surface area contributed by atoms with E-state index in [2.05, 4.69) is 31.8 Å². The standard InChI is InChI=1S/C13H23NO/c1-10(12(2,3)4)8-9-11(15)14-13(5,6)7/h9H,1-7H3,(H,14,15). The van der Waals surface area contributed by atoms with Crippen LogP contribution in [-0.4, -0.2) is 11.4 Å². The van der Waals surface area contributed by atoms with Gasteiger partial charge in [-0.3, -0.25) is 4.79 Å². The van der Waals surface area contributed by atoms with Gasteiger partial charge in [0.25, 0.3) is 5.91 Å². The third-order valence-electron chi connectivity index (χ3n) is 2.04. The van der Waals surface area contributed by atoms with Crippen LogP contribution in [0.2, 0.25) is 0 Å². The molecular formula is C13H23NO. The number of carbonyl (C=O) groups is 1. The minimum absolute atomic E-state index is 0.0680. The largest absolute Gasteiger partial charge is 0.347 e. The fourth-order valence-electron chi connectivity index (χ4n) is 0.796. The molecule has 86 valence electrons. The highest BCUT2D eigenvalue weighted by atomic mass is 16.1. The summed E-state index contributed by atoms with van der Waals surface area (Å²) in [7, 11) is 0. The predicted molar refractivity (Wildman–Crippen MR) is 64.6 cm³/mol. The van der Waals surface area contributed by atoms with Gasteiger partial charge in [0.05, 0.1) is 0 Å². The van der Waals surface area contributed by atoms with Crippen molar-refractivity contribution in [2.24, 2.45) is 5.41 Å². The van der Waals surface area contributed by atoms with Gasteiger partial charge in [-0.2, -0.15) is 0 Å². The summed E-state index contributed by atoms with van der Waals surface area (Å²) < 4.78 is 0. The van der Waals surface area contributed by atoms with E-state index in [1.807, 2.05) is 27.7 Å². The van der Waals surface area contributed by atoms with Gasteiger partial charge in [0.1, 0.15) is 0 Å². The zero-order chi connectivity index (χ0) is 12.3. The lowest BCUT2D eigenvalue weighted by molar-refractivity contribution is -0.117. The Morgan fingerprint density at radius 3 is 1.93 bits per heavy atom. The molecule has 0 aliphatic rings. The van der Waals surface area contributed by atoms with E-state index < -0.39 is 0 Å². The van der Waals surface area contributed by atoms with Gasteiger partial charge in [0, 0.05) is 11.6 Å². The molecule has 0 radical (unpaired) electrons. The molecule has 15 heavy (non-hydrogen) atoms. The van der Waals surface area contributed by atoms with E-state index in [1.54, 1.807) is 0 Å². The number of carbonyl (C=O) groups excluding carboxylic acids is 1. The molecule has 0 aromatic heterocycles. The summed E-state index contributed by atoms with van der Waals surface area (Å²) in [6.07, 6.45) is 1.48. The summed E-state index contributed by atoms with van der Waals surface area (Å²) in [5.41, 5.74) is 3.98. The van der Waals surface area contributed by atoms with Crippen LogP contribution < -0.4 is 5.32 Å². The van der Waals surface area contributed by atoms with Gasteiger partial charge >= 0.3 is 0 Å². The Labute approximate surface area is 93.5 Å². The van der Waals surface area contributed by atoms with Gasteiger partial charge in [-0.05, 0) is 38.7 Å². The zero-order valence-electron chi connectivity index (χ0n) is 11.0. The highest BCUT2D eigenvalue weighted by Gasteiger charge is 2.13. The molecule has 0 atom stereocenters. The molecule has 0 unspecified atom stereocenters. The lowest BCUT2D eigenvalue weighted by atomic mass is 9.88. The maximum Gasteiger partial charge on any atom is 0.252 e. The molecule has 0 aliphatic carbocycles. The van der Waals surface area contributed by atoms with Gasteiger partial charge < -0.3 is 5.32 Å². The predicted octanol–water partition coefficient (Wildman–Crippen LogP) is 3.05. The molecule has 0 heterocycles. The van der Waals surface area contributed by atoms with Crippen LogP contribution in [0.15, 0.2) is 17.4 Å². The summed E-state index contributed by atoms with van der Waals surface area (Å²) in [5, 5.41) is 2.86. The van der Waals surface area contributed by atoms with Crippen LogP contribution in [0.3, 0.4) is 0 Å². The van der Waals surface area contributed by atoms with Crippen molar-refractivity contribution in [2.75, 3.05) is 0 Å². The SMILES string of the molecule is CC(=C=CC(=O)NC(C)(C)C)C(C)(C)C. The average Bonchev–Trinajstić information content (AvgIpc) is 1.94. The van der Waals surface area contributed by atoms with E-state index in [9.17, 15) is 4.79 Å². The summed E-state index contributed by atoms with van der Waals surface area (Å²) in [5.74, 6) is -0.0916. The number of hydrogen-bond acceptors (Lipinski definition) is 1. The fraction of sp³-hybridized carbons (Fsp3) is 0.692. The topological polar surface area (TPSA) is 29.1 Å². The molecule has 2 nitrogen and oxygen atoms in total. The Bertz CT molecular complexity index is 293. The summed E-state index contributed by atoms with van der Waals surface area (Å²) in [6.45, 7) is 14.2. The van der Waals surface area contributed by atoms with Gasteiger partial charge in [0.15, 0.2) is 0 Å². The minimum Gasteiger partial charge on any atom is -0.347 e. The molecule has 0 saturated carbocycles. The zero-order valence-corrected chi connectivity index (χ0v) is 11.0. The van der Waals surface area contributed by atoms with Crippen molar-refractivity contribution in [3.63, 3.8) is 0 Å². The minimum atomic E-state index is -0.190. The van der Waals surface area contributed by atoms with E-state index in [0.29, 0.717) is 0 Å². The molecular weight excluding hydrogens is 186 g/mol. The second-order valence-corrected chi connectivity index (χ2v) is 5.90. The lowest BCUT2D eigenvalue weighted by Gasteiger charge is -2.19. The van der Waals surface area contributed by atoms with E-state index in [0.717, 1.165) is 5.57 Å². The number of rotatable bonds is 1. The van der Waals surface area contributed by atoms with Crippen molar-refractivity contribution >= 4 is 5.91 Å². The number of hydrogen-bond donors (Lipinski definition) is 1. The monoisotopic (exact) mass is 209 g/mol. The molecule has 1 N–H and O–H groups in total. The molecule has 2 heteroatoms. The van der Waals surface area contributed by atoms with Gasteiger partial charge in [-0.15, -0.1) is 5.73 Å². The summed E-state index contributed by atoms with van der Waals surface area (Å²) in [6, 6.07) is 0. The van der Waals surface area contributed by atoms with Crippen LogP contribution in [-0.2, 0) is 4.79 Å². The van der Waals surface area contributed by atoms with Crippen molar-refractivity contribution in [1.82, 2.24) is 5.32 Å². The van der Waals surface area contributed by atoms with E-state index in [-0.39, 0.29) is 16.9 Å². The second-order valence-electron chi connectivity index (χ2n) is 5.90. The highest BCUT2D eigenvalue weighted by molar-refractivity contribution is 5.87. The van der Waals surface area contributed by atoms with Gasteiger partial charge in [-0.1, -0.05) is 20.8 Å². The molecule has 0 saturated heterocycles. The fourth-order valence-corrected chi connectivity index (χ4v) is 0.796. The van der Waals surface area contributed by atoms with Crippen LogP contribution in [0.4, 0.5) is 0 Å². The van der Waals surface area contributed by atoms with Crippen molar-refractivity contribution in [3.8, 4) is 0 Å². The highest BCUT2D eigenvalue weighted by Crippen LogP contribution is 2.22. The third kappa shape index (κ3) is 6.98. The molecule has 0 bridgehead atoms. The molecule has 1 amide bonds. The van der Waals surface area contributed by atoms with Crippen molar-refractivity contribution in [3.05, 3.63) is 17.4 Å². The first-order chi connectivity index (χ1) is 6.52. The Balaban J connectivity index is 4.61. The maximum absolute atomic E-state index is 11.4. The first-order valence-corrected chi connectivity index (χ1v) is 5.28. The Morgan fingerprint density at radius 2 is 1.60 bits per heavy atom. The van der Waals surface area contributed by atoms with Crippen LogP contribution in [0.25, 0.3) is 0 Å². The van der Waals surface area contributed by atoms with Crippen LogP contribution >= 0.6 is 0 Å². The van der Waals surface area contributed by atoms with Gasteiger partial charge in [0.2, 0.25) is 0 Å². The van der Waals surface area contributed by atoms with Crippen molar-refractivity contribution < 1.29 is 4.79 Å². The Kier molecular flexibility index (Phi) is 4.36. The smallest absolute Gasteiger partial charge is 0.252 e. The Hall–Kier alpha value is -1.01. The summed E-state index contributed by atoms with van der Waals surface area (Å²) >= 11 is 0. The molecule has 0 spiro atoms. The summed E-state index contributed by atoms with van der Waals surface area (Å²) in [4.78, 5) is 11.4. The van der Waals surface area contributed by atoms with Gasteiger partial charge in [-0.25, -0.2) is 0 Å². The number of nitrogens with one attached hydrogen (secondary N) is 1. The van der Waals surface area contributed by atoms with Crippen LogP contribution in [0.1, 0.15) is 48.5 Å². The first-order valence-electron chi connectivity index (χ1n) is 5.28. The van der Waals surface area contributed by atoms with Crippen molar-refractivity contribution in [2.45, 2.75) is 54.0 Å². The van der Waals surface area contributed by atoms with E-state index >= 15 is 0 Å². The molecule has 0 aromatic carbocycles. The average molecular weight is 209 g/mol. The Morgan fingerprint density at radius 1 is 1.13 bits per heavy atom. The molecule has 0 fully saturated rings. The first kappa shape index (κ1) is 14.0.